The van der Waals surface area contributed by atoms with E-state index in [1.165, 1.54) is 6.39 Å². The van der Waals surface area contributed by atoms with Gasteiger partial charge in [-0.05, 0) is 25.2 Å². The summed E-state index contributed by atoms with van der Waals surface area (Å²) in [6.07, 6.45) is 1.39. The van der Waals surface area contributed by atoms with Gasteiger partial charge in [-0.25, -0.2) is 4.98 Å². The van der Waals surface area contributed by atoms with Crippen LogP contribution in [0.2, 0.25) is 0 Å². The molecule has 1 N–H and O–H groups in total. The molecule has 1 aromatic carbocycles. The molecule has 2 aromatic rings. The van der Waals surface area contributed by atoms with Crippen LogP contribution < -0.4 is 5.32 Å². The van der Waals surface area contributed by atoms with Crippen molar-refractivity contribution in [3.63, 3.8) is 0 Å². The standard InChI is InChI=1S/C13H16N2O2/c1-13(2,7-14-3)12(16)9-4-5-10-11(6-9)17-8-15-10/h4-6,8,14H,7H2,1-3H3. The van der Waals surface area contributed by atoms with Gasteiger partial charge in [0.15, 0.2) is 17.8 Å². The molecule has 0 amide bonds. The molecular formula is C13H16N2O2. The molecule has 0 atom stereocenters. The summed E-state index contributed by atoms with van der Waals surface area (Å²) in [4.78, 5) is 16.3. The van der Waals surface area contributed by atoms with E-state index < -0.39 is 5.41 Å². The number of rotatable bonds is 4. The summed E-state index contributed by atoms with van der Waals surface area (Å²) in [6, 6.07) is 5.36. The molecule has 1 heterocycles. The smallest absolute Gasteiger partial charge is 0.181 e. The van der Waals surface area contributed by atoms with Crippen molar-refractivity contribution in [3.05, 3.63) is 30.2 Å². The van der Waals surface area contributed by atoms with Crippen LogP contribution in [0.4, 0.5) is 0 Å². The van der Waals surface area contributed by atoms with Gasteiger partial charge in [0.2, 0.25) is 0 Å². The van der Waals surface area contributed by atoms with Crippen LogP contribution in [-0.4, -0.2) is 24.4 Å². The second kappa shape index (κ2) is 4.30. The van der Waals surface area contributed by atoms with Crippen molar-refractivity contribution < 1.29 is 9.21 Å². The van der Waals surface area contributed by atoms with Crippen LogP contribution >= 0.6 is 0 Å². The van der Waals surface area contributed by atoms with Crippen molar-refractivity contribution in [1.82, 2.24) is 10.3 Å². The first-order valence-corrected chi connectivity index (χ1v) is 5.57. The predicted octanol–water partition coefficient (Wildman–Crippen LogP) is 2.26. The average molecular weight is 232 g/mol. The molecule has 0 aliphatic rings. The van der Waals surface area contributed by atoms with Crippen molar-refractivity contribution in [2.75, 3.05) is 13.6 Å². The van der Waals surface area contributed by atoms with Crippen LogP contribution in [0.1, 0.15) is 24.2 Å². The second-order valence-electron chi connectivity index (χ2n) is 4.78. The SMILES string of the molecule is CNCC(C)(C)C(=O)c1ccc2ncoc2c1. The van der Waals surface area contributed by atoms with Crippen molar-refractivity contribution in [3.8, 4) is 0 Å². The normalized spacial score (nSPS) is 11.9. The monoisotopic (exact) mass is 232 g/mol. The zero-order chi connectivity index (χ0) is 12.5. The number of fused-ring (bicyclic) bond motifs is 1. The number of nitrogens with zero attached hydrogens (tertiary/aromatic N) is 1. The van der Waals surface area contributed by atoms with E-state index in [0.29, 0.717) is 17.7 Å². The van der Waals surface area contributed by atoms with E-state index in [2.05, 4.69) is 10.3 Å². The Labute approximate surface area is 100 Å². The molecule has 0 bridgehead atoms. The molecule has 1 aromatic heterocycles. The number of benzene rings is 1. The zero-order valence-electron chi connectivity index (χ0n) is 10.3. The average Bonchev–Trinajstić information content (AvgIpc) is 2.74. The summed E-state index contributed by atoms with van der Waals surface area (Å²) < 4.78 is 5.20. The van der Waals surface area contributed by atoms with Gasteiger partial charge in [-0.15, -0.1) is 0 Å². The Morgan fingerprint density at radius 2 is 2.24 bits per heavy atom. The van der Waals surface area contributed by atoms with Gasteiger partial charge in [0.1, 0.15) is 5.52 Å². The highest BCUT2D eigenvalue weighted by Gasteiger charge is 2.28. The first-order valence-electron chi connectivity index (χ1n) is 5.57. The minimum atomic E-state index is -0.428. The van der Waals surface area contributed by atoms with Crippen LogP contribution in [0, 0.1) is 5.41 Å². The molecule has 0 saturated carbocycles. The number of hydrogen-bond acceptors (Lipinski definition) is 4. The third-order valence-corrected chi connectivity index (χ3v) is 2.83. The molecule has 17 heavy (non-hydrogen) atoms. The minimum Gasteiger partial charge on any atom is -0.443 e. The molecule has 0 unspecified atom stereocenters. The third kappa shape index (κ3) is 2.22. The van der Waals surface area contributed by atoms with Gasteiger partial charge in [0, 0.05) is 17.5 Å². The Hall–Kier alpha value is -1.68. The number of aromatic nitrogens is 1. The van der Waals surface area contributed by atoms with E-state index in [-0.39, 0.29) is 5.78 Å². The highest BCUT2D eigenvalue weighted by Crippen LogP contribution is 2.23. The van der Waals surface area contributed by atoms with E-state index in [1.807, 2.05) is 27.0 Å². The quantitative estimate of drug-likeness (QED) is 0.821. The van der Waals surface area contributed by atoms with Gasteiger partial charge in [0.05, 0.1) is 0 Å². The summed E-state index contributed by atoms with van der Waals surface area (Å²) in [5.41, 5.74) is 1.65. The maximum Gasteiger partial charge on any atom is 0.181 e. The number of carbonyl (C=O) groups excluding carboxylic acids is 1. The van der Waals surface area contributed by atoms with Crippen molar-refractivity contribution in [1.29, 1.82) is 0 Å². The molecule has 0 fully saturated rings. The maximum atomic E-state index is 12.3. The summed E-state index contributed by atoms with van der Waals surface area (Å²) in [5, 5.41) is 3.03. The number of nitrogens with one attached hydrogen (secondary N) is 1. The lowest BCUT2D eigenvalue weighted by Gasteiger charge is -2.22. The van der Waals surface area contributed by atoms with E-state index in [0.717, 1.165) is 5.52 Å². The number of Topliss-reactive ketones (excluding diaryl/α,β-unsaturated/α-hetero) is 1. The molecule has 0 aliphatic carbocycles. The summed E-state index contributed by atoms with van der Waals surface area (Å²) in [5.74, 6) is 0.102. The molecule has 0 radical (unpaired) electrons. The Bertz CT molecular complexity index is 543. The van der Waals surface area contributed by atoms with Crippen LogP contribution in [0.25, 0.3) is 11.1 Å². The summed E-state index contributed by atoms with van der Waals surface area (Å²) in [6.45, 7) is 4.49. The fourth-order valence-electron chi connectivity index (χ4n) is 1.91. The minimum absolute atomic E-state index is 0.102. The third-order valence-electron chi connectivity index (χ3n) is 2.83. The van der Waals surface area contributed by atoms with E-state index in [9.17, 15) is 4.79 Å². The lowest BCUT2D eigenvalue weighted by atomic mass is 9.84. The van der Waals surface area contributed by atoms with Crippen molar-refractivity contribution in [2.45, 2.75) is 13.8 Å². The Morgan fingerprint density at radius 3 is 2.94 bits per heavy atom. The molecule has 0 spiro atoms. The Balaban J connectivity index is 2.35. The predicted molar refractivity (Wildman–Crippen MR) is 66.0 cm³/mol. The topological polar surface area (TPSA) is 55.1 Å². The molecule has 90 valence electrons. The molecule has 2 rings (SSSR count). The van der Waals surface area contributed by atoms with Gasteiger partial charge >= 0.3 is 0 Å². The van der Waals surface area contributed by atoms with Crippen molar-refractivity contribution >= 4 is 16.9 Å². The number of oxazole rings is 1. The number of hydrogen-bond donors (Lipinski definition) is 1. The number of carbonyl (C=O) groups is 1. The number of ketones is 1. The lowest BCUT2D eigenvalue weighted by molar-refractivity contribution is 0.0839. The van der Waals surface area contributed by atoms with Crippen LogP contribution in [-0.2, 0) is 0 Å². The van der Waals surface area contributed by atoms with Gasteiger partial charge in [0.25, 0.3) is 0 Å². The largest absolute Gasteiger partial charge is 0.443 e. The molecule has 0 aliphatic heterocycles. The van der Waals surface area contributed by atoms with E-state index >= 15 is 0 Å². The van der Waals surface area contributed by atoms with E-state index in [4.69, 9.17) is 4.42 Å². The molecule has 0 saturated heterocycles. The Morgan fingerprint density at radius 1 is 1.47 bits per heavy atom. The van der Waals surface area contributed by atoms with Crippen LogP contribution in [0.3, 0.4) is 0 Å². The van der Waals surface area contributed by atoms with Crippen molar-refractivity contribution in [2.24, 2.45) is 5.41 Å². The first-order chi connectivity index (χ1) is 8.04. The first kappa shape index (κ1) is 11.8. The van der Waals surface area contributed by atoms with Gasteiger partial charge < -0.3 is 9.73 Å². The maximum absolute atomic E-state index is 12.3. The highest BCUT2D eigenvalue weighted by atomic mass is 16.3. The molecular weight excluding hydrogens is 216 g/mol. The van der Waals surface area contributed by atoms with Gasteiger partial charge in [-0.2, -0.15) is 0 Å². The van der Waals surface area contributed by atoms with Gasteiger partial charge in [-0.3, -0.25) is 4.79 Å². The van der Waals surface area contributed by atoms with E-state index in [1.54, 1.807) is 12.1 Å². The second-order valence-corrected chi connectivity index (χ2v) is 4.78. The molecule has 4 nitrogen and oxygen atoms in total. The fourth-order valence-corrected chi connectivity index (χ4v) is 1.91. The summed E-state index contributed by atoms with van der Waals surface area (Å²) in [7, 11) is 1.84. The molecule has 4 heteroatoms. The lowest BCUT2D eigenvalue weighted by Crippen LogP contribution is -2.34. The highest BCUT2D eigenvalue weighted by molar-refractivity contribution is 6.02. The van der Waals surface area contributed by atoms with Crippen LogP contribution in [0.5, 0.6) is 0 Å². The Kier molecular flexibility index (Phi) is 2.98. The fraction of sp³-hybridized carbons (Fsp3) is 0.385. The summed E-state index contributed by atoms with van der Waals surface area (Å²) >= 11 is 0. The van der Waals surface area contributed by atoms with Gasteiger partial charge in [-0.1, -0.05) is 13.8 Å². The van der Waals surface area contributed by atoms with Crippen LogP contribution in [0.15, 0.2) is 29.0 Å². The zero-order valence-corrected chi connectivity index (χ0v) is 10.3.